The molecule has 2 aliphatic rings. The van der Waals surface area contributed by atoms with E-state index in [1.807, 2.05) is 20.8 Å². The Labute approximate surface area is 135 Å². The number of ether oxygens (including phenoxy) is 1. The molecule has 1 amide bonds. The molecule has 0 aliphatic heterocycles. The van der Waals surface area contributed by atoms with Crippen LogP contribution in [0.25, 0.3) is 0 Å². The summed E-state index contributed by atoms with van der Waals surface area (Å²) in [4.78, 5) is 12.0. The van der Waals surface area contributed by atoms with E-state index in [0.717, 1.165) is 24.7 Å². The molecular weight excluding hydrogens is 276 g/mol. The van der Waals surface area contributed by atoms with Crippen LogP contribution in [0, 0.1) is 11.8 Å². The highest BCUT2D eigenvalue weighted by Crippen LogP contribution is 2.31. The summed E-state index contributed by atoms with van der Waals surface area (Å²) in [5, 5.41) is 6.92. The van der Waals surface area contributed by atoms with Gasteiger partial charge in [0.2, 0.25) is 0 Å². The maximum Gasteiger partial charge on any atom is 0.407 e. The monoisotopic (exact) mass is 310 g/mol. The number of nitrogens with one attached hydrogen (secondary N) is 2. The number of carbonyl (C=O) groups is 1. The van der Waals surface area contributed by atoms with E-state index in [2.05, 4.69) is 24.5 Å². The van der Waals surface area contributed by atoms with Crippen LogP contribution in [0.3, 0.4) is 0 Å². The van der Waals surface area contributed by atoms with Crippen LogP contribution in [-0.4, -0.2) is 29.8 Å². The van der Waals surface area contributed by atoms with Gasteiger partial charge < -0.3 is 15.4 Å². The van der Waals surface area contributed by atoms with Crippen molar-refractivity contribution in [2.45, 2.75) is 96.9 Å². The predicted molar refractivity (Wildman–Crippen MR) is 89.9 cm³/mol. The third-order valence-corrected chi connectivity index (χ3v) is 5.35. The molecule has 0 aromatic carbocycles. The first-order valence-corrected chi connectivity index (χ1v) is 9.02. The molecule has 2 saturated carbocycles. The second kappa shape index (κ2) is 7.20. The maximum atomic E-state index is 12.0. The first kappa shape index (κ1) is 17.6. The highest BCUT2D eigenvalue weighted by Gasteiger charge is 2.34. The van der Waals surface area contributed by atoms with Crippen LogP contribution in [0.15, 0.2) is 0 Å². The second-order valence-corrected chi connectivity index (χ2v) is 8.33. The highest BCUT2D eigenvalue weighted by atomic mass is 16.6. The van der Waals surface area contributed by atoms with Gasteiger partial charge in [-0.25, -0.2) is 4.79 Å². The summed E-state index contributed by atoms with van der Waals surface area (Å²) in [6.45, 7) is 10.4. The summed E-state index contributed by atoms with van der Waals surface area (Å²) in [5.41, 5.74) is -0.432. The average Bonchev–Trinajstić information content (AvgIpc) is 2.80. The van der Waals surface area contributed by atoms with Gasteiger partial charge in [-0.3, -0.25) is 0 Å². The Morgan fingerprint density at radius 3 is 2.23 bits per heavy atom. The highest BCUT2D eigenvalue weighted by molar-refractivity contribution is 5.68. The molecule has 5 atom stereocenters. The van der Waals surface area contributed by atoms with Crippen LogP contribution in [0.4, 0.5) is 4.79 Å². The fraction of sp³-hybridized carbons (Fsp3) is 0.944. The lowest BCUT2D eigenvalue weighted by Crippen LogP contribution is -2.53. The van der Waals surface area contributed by atoms with Crippen molar-refractivity contribution in [1.82, 2.24) is 10.6 Å². The van der Waals surface area contributed by atoms with Crippen LogP contribution in [-0.2, 0) is 4.74 Å². The van der Waals surface area contributed by atoms with Crippen molar-refractivity contribution in [2.75, 3.05) is 0 Å². The Balaban J connectivity index is 1.86. The topological polar surface area (TPSA) is 50.4 Å². The van der Waals surface area contributed by atoms with Crippen LogP contribution in [0.1, 0.15) is 73.1 Å². The molecule has 2 rings (SSSR count). The first-order chi connectivity index (χ1) is 10.3. The average molecular weight is 310 g/mol. The number of hydrogen-bond donors (Lipinski definition) is 2. The van der Waals surface area contributed by atoms with Crippen molar-refractivity contribution >= 4 is 6.09 Å². The fourth-order valence-corrected chi connectivity index (χ4v) is 3.88. The van der Waals surface area contributed by atoms with Gasteiger partial charge in [0.1, 0.15) is 5.60 Å². The van der Waals surface area contributed by atoms with E-state index >= 15 is 0 Å². The van der Waals surface area contributed by atoms with Gasteiger partial charge >= 0.3 is 6.09 Å². The zero-order valence-corrected chi connectivity index (χ0v) is 14.9. The maximum absolute atomic E-state index is 12.0. The van der Waals surface area contributed by atoms with Gasteiger partial charge in [-0.05, 0) is 58.3 Å². The number of hydrogen-bond acceptors (Lipinski definition) is 3. The molecule has 0 radical (unpaired) electrons. The van der Waals surface area contributed by atoms with Gasteiger partial charge in [-0.1, -0.05) is 26.7 Å². The Bertz CT molecular complexity index is 378. The molecule has 2 fully saturated rings. The SMILES string of the molecule is CC1CCCC(NC2CCCC2NC(=O)OC(C)(C)C)C1C. The summed E-state index contributed by atoms with van der Waals surface area (Å²) >= 11 is 0. The normalized spacial score (nSPS) is 36.1. The minimum absolute atomic E-state index is 0.208. The summed E-state index contributed by atoms with van der Waals surface area (Å²) in [6.07, 6.45) is 7.03. The molecule has 4 nitrogen and oxygen atoms in total. The van der Waals surface area contributed by atoms with Gasteiger partial charge in [0.05, 0.1) is 0 Å². The van der Waals surface area contributed by atoms with Gasteiger partial charge in [0.25, 0.3) is 0 Å². The smallest absolute Gasteiger partial charge is 0.407 e. The van der Waals surface area contributed by atoms with Crippen molar-refractivity contribution in [3.8, 4) is 0 Å². The first-order valence-electron chi connectivity index (χ1n) is 9.02. The van der Waals surface area contributed by atoms with Crippen LogP contribution >= 0.6 is 0 Å². The van der Waals surface area contributed by atoms with E-state index in [1.165, 1.54) is 25.7 Å². The Hall–Kier alpha value is -0.770. The molecule has 2 N–H and O–H groups in total. The lowest BCUT2D eigenvalue weighted by Gasteiger charge is -2.38. The molecule has 0 saturated heterocycles. The van der Waals surface area contributed by atoms with Crippen LogP contribution in [0.2, 0.25) is 0 Å². The lowest BCUT2D eigenvalue weighted by atomic mass is 9.77. The van der Waals surface area contributed by atoms with Crippen molar-refractivity contribution in [3.63, 3.8) is 0 Å². The summed E-state index contributed by atoms with van der Waals surface area (Å²) < 4.78 is 5.40. The molecule has 0 bridgehead atoms. The molecular formula is C18H34N2O2. The van der Waals surface area contributed by atoms with Crippen molar-refractivity contribution in [3.05, 3.63) is 0 Å². The zero-order chi connectivity index (χ0) is 16.3. The third-order valence-electron chi connectivity index (χ3n) is 5.35. The van der Waals surface area contributed by atoms with E-state index in [1.54, 1.807) is 0 Å². The van der Waals surface area contributed by atoms with Crippen molar-refractivity contribution in [2.24, 2.45) is 11.8 Å². The van der Waals surface area contributed by atoms with E-state index in [9.17, 15) is 4.79 Å². The molecule has 0 heterocycles. The summed E-state index contributed by atoms with van der Waals surface area (Å²) in [5.74, 6) is 1.52. The van der Waals surface area contributed by atoms with Crippen molar-refractivity contribution in [1.29, 1.82) is 0 Å². The van der Waals surface area contributed by atoms with Crippen LogP contribution in [0.5, 0.6) is 0 Å². The van der Waals surface area contributed by atoms with E-state index in [-0.39, 0.29) is 12.1 Å². The molecule has 128 valence electrons. The quantitative estimate of drug-likeness (QED) is 0.832. The number of rotatable bonds is 3. The standard InChI is InChI=1S/C18H34N2O2/c1-12-8-6-9-14(13(12)2)19-15-10-7-11-16(15)20-17(21)22-18(3,4)5/h12-16,19H,6-11H2,1-5H3,(H,20,21). The fourth-order valence-electron chi connectivity index (χ4n) is 3.88. The second-order valence-electron chi connectivity index (χ2n) is 8.33. The molecule has 22 heavy (non-hydrogen) atoms. The van der Waals surface area contributed by atoms with Gasteiger partial charge in [-0.15, -0.1) is 0 Å². The Kier molecular flexibility index (Phi) is 5.76. The van der Waals surface area contributed by atoms with E-state index in [4.69, 9.17) is 4.74 Å². The Morgan fingerprint density at radius 1 is 0.955 bits per heavy atom. The van der Waals surface area contributed by atoms with Gasteiger partial charge in [0, 0.05) is 18.1 Å². The number of alkyl carbamates (subject to hydrolysis) is 1. The zero-order valence-electron chi connectivity index (χ0n) is 14.9. The summed E-state index contributed by atoms with van der Waals surface area (Å²) in [7, 11) is 0. The third kappa shape index (κ3) is 4.87. The minimum atomic E-state index is -0.432. The number of carbonyl (C=O) groups excluding carboxylic acids is 1. The largest absolute Gasteiger partial charge is 0.444 e. The lowest BCUT2D eigenvalue weighted by molar-refractivity contribution is 0.0493. The van der Waals surface area contributed by atoms with E-state index < -0.39 is 5.60 Å². The van der Waals surface area contributed by atoms with Crippen LogP contribution < -0.4 is 10.6 Å². The minimum Gasteiger partial charge on any atom is -0.444 e. The molecule has 0 aromatic heterocycles. The molecule has 5 unspecified atom stereocenters. The molecule has 0 spiro atoms. The summed E-state index contributed by atoms with van der Waals surface area (Å²) in [6, 6.07) is 1.19. The molecule has 4 heteroatoms. The molecule has 0 aromatic rings. The van der Waals surface area contributed by atoms with E-state index in [0.29, 0.717) is 12.1 Å². The molecule has 2 aliphatic carbocycles. The Morgan fingerprint density at radius 2 is 1.55 bits per heavy atom. The number of amides is 1. The van der Waals surface area contributed by atoms with Crippen molar-refractivity contribution < 1.29 is 9.53 Å². The van der Waals surface area contributed by atoms with Gasteiger partial charge in [0.15, 0.2) is 0 Å². The van der Waals surface area contributed by atoms with Gasteiger partial charge in [-0.2, -0.15) is 0 Å². The predicted octanol–water partition coefficient (Wildman–Crippen LogP) is 3.85.